The third-order valence-electron chi connectivity index (χ3n) is 5.92. The van der Waals surface area contributed by atoms with Crippen LogP contribution >= 0.6 is 24.8 Å². The number of piperidine rings is 2. The Morgan fingerprint density at radius 2 is 1.70 bits per heavy atom. The molecule has 1 unspecified atom stereocenters. The average Bonchev–Trinajstić information content (AvgIpc) is 3.05. The number of halogens is 2. The third-order valence-corrected chi connectivity index (χ3v) is 5.92. The Hall–Kier alpha value is -0.0300. The number of nitrogens with one attached hydrogen (secondary N) is 1. The molecular weight excluding hydrogens is 333 g/mol. The van der Waals surface area contributed by atoms with Gasteiger partial charge in [0.25, 0.3) is 0 Å². The van der Waals surface area contributed by atoms with Crippen molar-refractivity contribution >= 4 is 30.7 Å². The number of amides is 1. The molecule has 3 aliphatic heterocycles. The van der Waals surface area contributed by atoms with E-state index in [0.717, 1.165) is 44.9 Å². The minimum atomic E-state index is -0.238. The highest BCUT2D eigenvalue weighted by atomic mass is 35.5. The van der Waals surface area contributed by atoms with Crippen molar-refractivity contribution < 1.29 is 4.79 Å². The summed E-state index contributed by atoms with van der Waals surface area (Å²) in [6.45, 7) is 7.63. The van der Waals surface area contributed by atoms with Crippen LogP contribution in [0.1, 0.15) is 58.3 Å². The summed E-state index contributed by atoms with van der Waals surface area (Å²) >= 11 is 0. The van der Waals surface area contributed by atoms with E-state index in [1.165, 1.54) is 45.2 Å². The molecule has 3 aliphatic rings. The maximum absolute atomic E-state index is 12.9. The van der Waals surface area contributed by atoms with Crippen LogP contribution in [0.25, 0.3) is 0 Å². The molecule has 3 rings (SSSR count). The summed E-state index contributed by atoms with van der Waals surface area (Å²) in [5.41, 5.74) is -0.238. The zero-order valence-electron chi connectivity index (χ0n) is 14.4. The summed E-state index contributed by atoms with van der Waals surface area (Å²) in [5, 5.41) is 3.49. The molecule has 23 heavy (non-hydrogen) atoms. The summed E-state index contributed by atoms with van der Waals surface area (Å²) in [5.74, 6) is 0.375. The quantitative estimate of drug-likeness (QED) is 0.834. The molecule has 1 atom stereocenters. The molecule has 0 aliphatic carbocycles. The number of rotatable bonds is 3. The van der Waals surface area contributed by atoms with Gasteiger partial charge in [0.1, 0.15) is 0 Å². The minimum absolute atomic E-state index is 0. The molecule has 0 spiro atoms. The summed E-state index contributed by atoms with van der Waals surface area (Å²) in [4.78, 5) is 17.7. The molecule has 3 fully saturated rings. The summed E-state index contributed by atoms with van der Waals surface area (Å²) in [7, 11) is 0. The molecule has 0 saturated carbocycles. The Morgan fingerprint density at radius 3 is 2.22 bits per heavy atom. The lowest BCUT2D eigenvalue weighted by Crippen LogP contribution is -2.57. The molecule has 1 N–H and O–H groups in total. The van der Waals surface area contributed by atoms with Crippen molar-refractivity contribution in [1.29, 1.82) is 0 Å². The molecule has 0 bridgehead atoms. The fraction of sp³-hybridized carbons (Fsp3) is 0.941. The monoisotopic (exact) mass is 365 g/mol. The number of carbonyl (C=O) groups excluding carboxylic acids is 1. The standard InChI is InChI=1S/C17H31N3O.2ClH/c1-2-17(9-6-10-18-17)16(21)20-13-7-15(8-14-20)19-11-4-3-5-12-19;;/h15,18H,2-14H2,1H3;2*1H. The molecule has 0 radical (unpaired) electrons. The van der Waals surface area contributed by atoms with Crippen molar-refractivity contribution in [2.45, 2.75) is 69.9 Å². The van der Waals surface area contributed by atoms with Gasteiger partial charge in [-0.15, -0.1) is 24.8 Å². The van der Waals surface area contributed by atoms with E-state index in [-0.39, 0.29) is 30.4 Å². The zero-order valence-corrected chi connectivity index (χ0v) is 16.0. The van der Waals surface area contributed by atoms with E-state index in [0.29, 0.717) is 5.91 Å². The molecule has 0 aromatic heterocycles. The molecule has 4 nitrogen and oxygen atoms in total. The van der Waals surface area contributed by atoms with E-state index in [1.807, 2.05) is 0 Å². The Labute approximate surface area is 153 Å². The number of nitrogens with zero attached hydrogens (tertiary/aromatic N) is 2. The van der Waals surface area contributed by atoms with Crippen LogP contribution in [-0.2, 0) is 4.79 Å². The minimum Gasteiger partial charge on any atom is -0.341 e. The summed E-state index contributed by atoms with van der Waals surface area (Å²) in [6, 6.07) is 0.725. The van der Waals surface area contributed by atoms with Gasteiger partial charge < -0.3 is 15.1 Å². The lowest BCUT2D eigenvalue weighted by atomic mass is 9.90. The van der Waals surface area contributed by atoms with Crippen LogP contribution in [0.5, 0.6) is 0 Å². The second-order valence-electron chi connectivity index (χ2n) is 7.09. The lowest BCUT2D eigenvalue weighted by Gasteiger charge is -2.42. The second-order valence-corrected chi connectivity index (χ2v) is 7.09. The highest BCUT2D eigenvalue weighted by Crippen LogP contribution is 2.28. The van der Waals surface area contributed by atoms with Gasteiger partial charge in [0.15, 0.2) is 0 Å². The van der Waals surface area contributed by atoms with E-state index >= 15 is 0 Å². The van der Waals surface area contributed by atoms with Crippen molar-refractivity contribution in [3.63, 3.8) is 0 Å². The molecule has 0 aromatic carbocycles. The maximum Gasteiger partial charge on any atom is 0.242 e. The van der Waals surface area contributed by atoms with Crippen LogP contribution < -0.4 is 5.32 Å². The normalized spacial score (nSPS) is 29.7. The van der Waals surface area contributed by atoms with Crippen LogP contribution in [0, 0.1) is 0 Å². The lowest BCUT2D eigenvalue weighted by molar-refractivity contribution is -0.139. The number of hydrogen-bond acceptors (Lipinski definition) is 3. The SMILES string of the molecule is CCC1(C(=O)N2CCC(N3CCCCC3)CC2)CCCN1.Cl.Cl. The van der Waals surface area contributed by atoms with Crippen molar-refractivity contribution in [3.05, 3.63) is 0 Å². The number of carbonyl (C=O) groups is 1. The predicted octanol–water partition coefficient (Wildman–Crippen LogP) is 2.84. The molecule has 136 valence electrons. The van der Waals surface area contributed by atoms with Gasteiger partial charge in [-0.05, 0) is 64.6 Å². The summed E-state index contributed by atoms with van der Waals surface area (Å²) < 4.78 is 0. The van der Waals surface area contributed by atoms with Crippen molar-refractivity contribution in [2.75, 3.05) is 32.7 Å². The van der Waals surface area contributed by atoms with Gasteiger partial charge in [0, 0.05) is 19.1 Å². The Bertz CT molecular complexity index is 361. The summed E-state index contributed by atoms with van der Waals surface area (Å²) in [6.07, 6.45) is 9.57. The first kappa shape index (κ1) is 21.0. The van der Waals surface area contributed by atoms with E-state index in [4.69, 9.17) is 0 Å². The first-order chi connectivity index (χ1) is 10.2. The first-order valence-electron chi connectivity index (χ1n) is 9.04. The fourth-order valence-electron chi connectivity index (χ4n) is 4.46. The molecule has 0 aromatic rings. The fourth-order valence-corrected chi connectivity index (χ4v) is 4.46. The van der Waals surface area contributed by atoms with Gasteiger partial charge >= 0.3 is 0 Å². The van der Waals surface area contributed by atoms with Crippen molar-refractivity contribution in [2.24, 2.45) is 0 Å². The third kappa shape index (κ3) is 4.53. The number of likely N-dealkylation sites (tertiary alicyclic amines) is 2. The highest BCUT2D eigenvalue weighted by molar-refractivity contribution is 5.87. The van der Waals surface area contributed by atoms with Gasteiger partial charge in [0.2, 0.25) is 5.91 Å². The van der Waals surface area contributed by atoms with E-state index < -0.39 is 0 Å². The average molecular weight is 366 g/mol. The van der Waals surface area contributed by atoms with E-state index in [2.05, 4.69) is 22.0 Å². The number of hydrogen-bond donors (Lipinski definition) is 1. The zero-order chi connectivity index (χ0) is 14.7. The van der Waals surface area contributed by atoms with Crippen molar-refractivity contribution in [1.82, 2.24) is 15.1 Å². The molecule has 6 heteroatoms. The molecule has 3 saturated heterocycles. The van der Waals surface area contributed by atoms with Crippen molar-refractivity contribution in [3.8, 4) is 0 Å². The van der Waals surface area contributed by atoms with E-state index in [9.17, 15) is 4.79 Å². The molecule has 3 heterocycles. The second kappa shape index (κ2) is 9.45. The largest absolute Gasteiger partial charge is 0.341 e. The maximum atomic E-state index is 12.9. The van der Waals surface area contributed by atoms with Crippen LogP contribution in [0.2, 0.25) is 0 Å². The topological polar surface area (TPSA) is 35.6 Å². The first-order valence-corrected chi connectivity index (χ1v) is 9.04. The van der Waals surface area contributed by atoms with Gasteiger partial charge in [-0.2, -0.15) is 0 Å². The van der Waals surface area contributed by atoms with Gasteiger partial charge in [-0.3, -0.25) is 4.79 Å². The van der Waals surface area contributed by atoms with Crippen LogP contribution in [0.4, 0.5) is 0 Å². The Morgan fingerprint density at radius 1 is 1.04 bits per heavy atom. The van der Waals surface area contributed by atoms with E-state index in [1.54, 1.807) is 0 Å². The molecule has 1 amide bonds. The Kier molecular flexibility index (Phi) is 8.64. The van der Waals surface area contributed by atoms with Gasteiger partial charge in [0.05, 0.1) is 5.54 Å². The Balaban J connectivity index is 0.00000132. The smallest absolute Gasteiger partial charge is 0.242 e. The van der Waals surface area contributed by atoms with Crippen LogP contribution in [0.3, 0.4) is 0 Å². The molecular formula is C17H33Cl2N3O. The van der Waals surface area contributed by atoms with Gasteiger partial charge in [-0.1, -0.05) is 13.3 Å². The van der Waals surface area contributed by atoms with Crippen LogP contribution in [0.15, 0.2) is 0 Å². The van der Waals surface area contributed by atoms with Crippen LogP contribution in [-0.4, -0.2) is 60.0 Å². The van der Waals surface area contributed by atoms with Gasteiger partial charge in [-0.25, -0.2) is 0 Å². The highest BCUT2D eigenvalue weighted by Gasteiger charge is 2.42. The predicted molar refractivity (Wildman–Crippen MR) is 99.8 cm³/mol.